The molecule has 5 aromatic rings. The minimum absolute atomic E-state index is 0.0575. The predicted octanol–water partition coefficient (Wildman–Crippen LogP) is 5.25. The summed E-state index contributed by atoms with van der Waals surface area (Å²) in [5.74, 6) is 1.01. The van der Waals surface area contributed by atoms with Gasteiger partial charge in [-0.3, -0.25) is 9.36 Å². The molecular weight excluding hydrogens is 468 g/mol. The van der Waals surface area contributed by atoms with Gasteiger partial charge in [-0.15, -0.1) is 10.2 Å². The quantitative estimate of drug-likeness (QED) is 0.230. The minimum atomic E-state index is 0.0575. The summed E-state index contributed by atoms with van der Waals surface area (Å²) in [6.07, 6.45) is 1.80. The molecule has 3 aromatic heterocycles. The number of carbonyl (C=O) groups excluding carboxylic acids is 1. The van der Waals surface area contributed by atoms with Crippen molar-refractivity contribution in [2.24, 2.45) is 7.05 Å². The first kappa shape index (κ1) is 22.4. The lowest BCUT2D eigenvalue weighted by atomic mass is 10.2. The Morgan fingerprint density at radius 1 is 1.06 bits per heavy atom. The van der Waals surface area contributed by atoms with E-state index in [0.29, 0.717) is 22.5 Å². The zero-order valence-corrected chi connectivity index (χ0v) is 20.6. The number of rotatable bonds is 7. The summed E-state index contributed by atoms with van der Waals surface area (Å²) in [6.45, 7) is 4.42. The Kier molecular flexibility index (Phi) is 6.02. The molecule has 34 heavy (non-hydrogen) atoms. The fraction of sp³-hybridized carbons (Fsp3) is 0.200. The van der Waals surface area contributed by atoms with Crippen LogP contribution in [0.15, 0.2) is 66.1 Å². The third-order valence-electron chi connectivity index (χ3n) is 6.04. The Balaban J connectivity index is 1.49. The molecule has 0 bridgehead atoms. The number of carbonyl (C=O) groups is 1. The molecule has 0 unspecified atom stereocenters. The molecule has 0 saturated heterocycles. The van der Waals surface area contributed by atoms with E-state index in [0.717, 1.165) is 33.7 Å². The smallest absolute Gasteiger partial charge is 0.196 e. The van der Waals surface area contributed by atoms with E-state index >= 15 is 0 Å². The van der Waals surface area contributed by atoms with Crippen LogP contribution in [0.2, 0.25) is 5.02 Å². The van der Waals surface area contributed by atoms with Crippen LogP contribution in [-0.2, 0) is 13.6 Å². The van der Waals surface area contributed by atoms with E-state index in [1.54, 1.807) is 6.33 Å². The van der Waals surface area contributed by atoms with Gasteiger partial charge in [0.25, 0.3) is 0 Å². The van der Waals surface area contributed by atoms with E-state index in [1.807, 2.05) is 89.2 Å². The number of aromatic nitrogens is 6. The number of hydrogen-bond donors (Lipinski definition) is 0. The van der Waals surface area contributed by atoms with Gasteiger partial charge in [-0.05, 0) is 44.2 Å². The molecule has 0 atom stereocenters. The number of imidazole rings is 1. The Morgan fingerprint density at radius 2 is 1.82 bits per heavy atom. The minimum Gasteiger partial charge on any atom is -0.351 e. The maximum absolute atomic E-state index is 13.0. The second-order valence-corrected chi connectivity index (χ2v) is 9.45. The standard InChI is InChI=1S/C25H23ClN6OS/c1-16-12-18(17(2)30(16)3)23(33)14-34-25-29-28-24(32(25)21-10-6-4-8-19(21)26)13-31-15-27-20-9-5-7-11-22(20)31/h4-12,15H,13-14H2,1-3H3. The van der Waals surface area contributed by atoms with E-state index in [9.17, 15) is 4.79 Å². The third kappa shape index (κ3) is 4.03. The number of halogens is 1. The number of aryl methyl sites for hydroxylation is 1. The number of Topliss-reactive ketones (excluding diaryl/α,β-unsaturated/α-hetero) is 1. The van der Waals surface area contributed by atoms with Crippen molar-refractivity contribution in [1.82, 2.24) is 28.9 Å². The number of fused-ring (bicyclic) bond motifs is 1. The summed E-state index contributed by atoms with van der Waals surface area (Å²) in [5.41, 5.74) is 5.45. The fourth-order valence-corrected chi connectivity index (χ4v) is 5.07. The molecule has 0 radical (unpaired) electrons. The van der Waals surface area contributed by atoms with Gasteiger partial charge >= 0.3 is 0 Å². The molecule has 3 heterocycles. The predicted molar refractivity (Wildman–Crippen MR) is 135 cm³/mol. The monoisotopic (exact) mass is 490 g/mol. The molecule has 0 spiro atoms. The SMILES string of the molecule is Cc1cc(C(=O)CSc2nnc(Cn3cnc4ccccc43)n2-c2ccccc2Cl)c(C)n1C. The molecule has 7 nitrogen and oxygen atoms in total. The molecule has 9 heteroatoms. The van der Waals surface area contributed by atoms with Gasteiger partial charge in [0.1, 0.15) is 0 Å². The average Bonchev–Trinajstić information content (AvgIpc) is 3.51. The van der Waals surface area contributed by atoms with Crippen molar-refractivity contribution in [1.29, 1.82) is 0 Å². The molecule has 2 aromatic carbocycles. The normalized spacial score (nSPS) is 11.4. The van der Waals surface area contributed by atoms with Crippen LogP contribution in [0.4, 0.5) is 0 Å². The maximum atomic E-state index is 13.0. The highest BCUT2D eigenvalue weighted by Crippen LogP contribution is 2.29. The largest absolute Gasteiger partial charge is 0.351 e. The highest BCUT2D eigenvalue weighted by atomic mass is 35.5. The van der Waals surface area contributed by atoms with E-state index in [2.05, 4.69) is 15.2 Å². The van der Waals surface area contributed by atoms with Gasteiger partial charge in [0, 0.05) is 24.0 Å². The first-order valence-electron chi connectivity index (χ1n) is 10.8. The topological polar surface area (TPSA) is 70.5 Å². The van der Waals surface area contributed by atoms with E-state index < -0.39 is 0 Å². The van der Waals surface area contributed by atoms with E-state index in [1.165, 1.54) is 11.8 Å². The lowest BCUT2D eigenvalue weighted by Gasteiger charge is -2.12. The zero-order valence-electron chi connectivity index (χ0n) is 19.1. The van der Waals surface area contributed by atoms with Crippen molar-refractivity contribution in [2.45, 2.75) is 25.5 Å². The number of nitrogens with zero attached hydrogens (tertiary/aromatic N) is 6. The number of benzene rings is 2. The molecule has 0 saturated carbocycles. The van der Waals surface area contributed by atoms with Gasteiger partial charge in [0.2, 0.25) is 0 Å². The Labute approximate surface area is 206 Å². The van der Waals surface area contributed by atoms with Crippen molar-refractivity contribution in [3.05, 3.63) is 88.7 Å². The van der Waals surface area contributed by atoms with Crippen LogP contribution in [0, 0.1) is 13.8 Å². The van der Waals surface area contributed by atoms with Crippen molar-refractivity contribution < 1.29 is 4.79 Å². The van der Waals surface area contributed by atoms with Gasteiger partial charge < -0.3 is 9.13 Å². The van der Waals surface area contributed by atoms with Gasteiger partial charge in [0.05, 0.1) is 40.4 Å². The van der Waals surface area contributed by atoms with Gasteiger partial charge in [-0.2, -0.15) is 0 Å². The lowest BCUT2D eigenvalue weighted by Crippen LogP contribution is -2.09. The van der Waals surface area contributed by atoms with Gasteiger partial charge in [0.15, 0.2) is 16.8 Å². The second-order valence-electron chi connectivity index (χ2n) is 8.10. The van der Waals surface area contributed by atoms with Crippen LogP contribution < -0.4 is 0 Å². The van der Waals surface area contributed by atoms with Crippen LogP contribution in [0.3, 0.4) is 0 Å². The molecule has 5 rings (SSSR count). The molecule has 0 amide bonds. The van der Waals surface area contributed by atoms with Crippen LogP contribution >= 0.6 is 23.4 Å². The first-order valence-corrected chi connectivity index (χ1v) is 12.2. The van der Waals surface area contributed by atoms with Crippen molar-refractivity contribution in [3.63, 3.8) is 0 Å². The van der Waals surface area contributed by atoms with Crippen molar-refractivity contribution >= 4 is 40.2 Å². The van der Waals surface area contributed by atoms with Gasteiger partial charge in [-0.25, -0.2) is 4.98 Å². The molecule has 0 N–H and O–H groups in total. The van der Waals surface area contributed by atoms with Crippen LogP contribution in [0.1, 0.15) is 27.6 Å². The number of hydrogen-bond acceptors (Lipinski definition) is 5. The summed E-state index contributed by atoms with van der Waals surface area (Å²) in [4.78, 5) is 17.5. The zero-order chi connectivity index (χ0) is 23.8. The molecule has 0 aliphatic heterocycles. The Bertz CT molecular complexity index is 1520. The van der Waals surface area contributed by atoms with Crippen molar-refractivity contribution in [3.8, 4) is 5.69 Å². The molecule has 0 aliphatic rings. The molecule has 0 aliphatic carbocycles. The summed E-state index contributed by atoms with van der Waals surface area (Å²) >= 11 is 7.92. The highest BCUT2D eigenvalue weighted by Gasteiger charge is 2.20. The number of thioether (sulfide) groups is 1. The number of ketones is 1. The number of para-hydroxylation sites is 3. The highest BCUT2D eigenvalue weighted by molar-refractivity contribution is 7.99. The summed E-state index contributed by atoms with van der Waals surface area (Å²) in [6, 6.07) is 17.5. The summed E-state index contributed by atoms with van der Waals surface area (Å²) < 4.78 is 5.98. The van der Waals surface area contributed by atoms with Crippen molar-refractivity contribution in [2.75, 3.05) is 5.75 Å². The summed E-state index contributed by atoms with van der Waals surface area (Å²) in [5, 5.41) is 10.1. The van der Waals surface area contributed by atoms with E-state index in [4.69, 9.17) is 11.6 Å². The van der Waals surface area contributed by atoms with Gasteiger partial charge in [-0.1, -0.05) is 47.6 Å². The maximum Gasteiger partial charge on any atom is 0.196 e. The Morgan fingerprint density at radius 3 is 2.59 bits per heavy atom. The molecule has 0 fully saturated rings. The summed E-state index contributed by atoms with van der Waals surface area (Å²) in [7, 11) is 1.97. The first-order chi connectivity index (χ1) is 16.4. The third-order valence-corrected chi connectivity index (χ3v) is 7.29. The molecular formula is C25H23ClN6OS. The van der Waals surface area contributed by atoms with E-state index in [-0.39, 0.29) is 11.5 Å². The fourth-order valence-electron chi connectivity index (χ4n) is 4.01. The average molecular weight is 491 g/mol. The second kappa shape index (κ2) is 9.12. The van der Waals surface area contributed by atoms with Crippen LogP contribution in [0.25, 0.3) is 16.7 Å². The van der Waals surface area contributed by atoms with Crippen LogP contribution in [-0.4, -0.2) is 40.4 Å². The Hall–Kier alpha value is -3.36. The molecule has 172 valence electrons. The lowest BCUT2D eigenvalue weighted by molar-refractivity contribution is 0.102. The van der Waals surface area contributed by atoms with Crippen LogP contribution in [0.5, 0.6) is 0 Å².